The van der Waals surface area contributed by atoms with Gasteiger partial charge in [0.25, 0.3) is 0 Å². The molecule has 5 heteroatoms. The van der Waals surface area contributed by atoms with Gasteiger partial charge in [0.2, 0.25) is 0 Å². The first-order chi connectivity index (χ1) is 7.25. The summed E-state index contributed by atoms with van der Waals surface area (Å²) in [7, 11) is 0. The Morgan fingerprint density at radius 3 is 3.00 bits per heavy atom. The summed E-state index contributed by atoms with van der Waals surface area (Å²) in [6.45, 7) is 3.00. The molecule has 0 aliphatic heterocycles. The summed E-state index contributed by atoms with van der Waals surface area (Å²) in [6.07, 6.45) is 1.91. The first-order valence-electron chi connectivity index (χ1n) is 4.61. The third-order valence-electron chi connectivity index (χ3n) is 2.09. The molecule has 15 heavy (non-hydrogen) atoms. The van der Waals surface area contributed by atoms with Crippen LogP contribution in [0.2, 0.25) is 4.34 Å². The number of halogens is 1. The van der Waals surface area contributed by atoms with E-state index in [1.807, 2.05) is 17.8 Å². The number of nitrogens with zero attached hydrogens (tertiary/aromatic N) is 1. The van der Waals surface area contributed by atoms with E-state index >= 15 is 0 Å². The summed E-state index contributed by atoms with van der Waals surface area (Å²) < 4.78 is 0.845. The molecular weight excluding hydrogens is 248 g/mol. The summed E-state index contributed by atoms with van der Waals surface area (Å²) in [5.41, 5.74) is 1.86. The van der Waals surface area contributed by atoms with Crippen molar-refractivity contribution in [3.8, 4) is 0 Å². The molecule has 0 saturated heterocycles. The highest BCUT2D eigenvalue weighted by Crippen LogP contribution is 2.22. The van der Waals surface area contributed by atoms with Crippen LogP contribution in [0.15, 0.2) is 23.8 Å². The minimum Gasteiger partial charge on any atom is -0.304 e. The van der Waals surface area contributed by atoms with E-state index in [0.717, 1.165) is 10.9 Å². The van der Waals surface area contributed by atoms with Crippen molar-refractivity contribution < 1.29 is 0 Å². The molecule has 2 aromatic rings. The molecule has 2 nitrogen and oxygen atoms in total. The standard InChI is InChI=1S/C10H11ClN2S2/c1-7(9-5-12-6-14-9)13-4-8-2-3-10(11)15-8/h2-3,5-7,13H,4H2,1H3. The van der Waals surface area contributed by atoms with Gasteiger partial charge in [-0.3, -0.25) is 4.98 Å². The Kier molecular flexibility index (Phi) is 3.75. The van der Waals surface area contributed by atoms with Crippen molar-refractivity contribution in [2.24, 2.45) is 0 Å². The predicted molar refractivity (Wildman–Crippen MR) is 66.7 cm³/mol. The Morgan fingerprint density at radius 2 is 2.40 bits per heavy atom. The lowest BCUT2D eigenvalue weighted by Gasteiger charge is -2.09. The van der Waals surface area contributed by atoms with Crippen LogP contribution >= 0.6 is 34.3 Å². The van der Waals surface area contributed by atoms with Gasteiger partial charge >= 0.3 is 0 Å². The van der Waals surface area contributed by atoms with E-state index in [0.29, 0.717) is 6.04 Å². The molecule has 0 aliphatic rings. The fraction of sp³-hybridized carbons (Fsp3) is 0.300. The van der Waals surface area contributed by atoms with E-state index in [4.69, 9.17) is 11.6 Å². The first-order valence-corrected chi connectivity index (χ1v) is 6.69. The minimum absolute atomic E-state index is 0.346. The largest absolute Gasteiger partial charge is 0.304 e. The zero-order valence-corrected chi connectivity index (χ0v) is 10.6. The van der Waals surface area contributed by atoms with Gasteiger partial charge in [0, 0.05) is 28.5 Å². The number of hydrogen-bond donors (Lipinski definition) is 1. The van der Waals surface area contributed by atoms with Crippen molar-refractivity contribution in [1.29, 1.82) is 0 Å². The second-order valence-electron chi connectivity index (χ2n) is 3.21. The van der Waals surface area contributed by atoms with Gasteiger partial charge in [-0.1, -0.05) is 11.6 Å². The van der Waals surface area contributed by atoms with Gasteiger partial charge in [-0.2, -0.15) is 0 Å². The molecule has 0 amide bonds. The lowest BCUT2D eigenvalue weighted by molar-refractivity contribution is 0.586. The zero-order valence-electron chi connectivity index (χ0n) is 8.24. The van der Waals surface area contributed by atoms with Crippen LogP contribution < -0.4 is 5.32 Å². The lowest BCUT2D eigenvalue weighted by Crippen LogP contribution is -2.16. The number of rotatable bonds is 4. The Labute approximate surface area is 102 Å². The van der Waals surface area contributed by atoms with Crippen LogP contribution in [0.5, 0.6) is 0 Å². The predicted octanol–water partition coefficient (Wildman–Crippen LogP) is 3.71. The second kappa shape index (κ2) is 5.07. The zero-order chi connectivity index (χ0) is 10.7. The second-order valence-corrected chi connectivity index (χ2v) is 5.93. The van der Waals surface area contributed by atoms with Crippen LogP contribution in [-0.4, -0.2) is 4.98 Å². The molecule has 2 aromatic heterocycles. The topological polar surface area (TPSA) is 24.9 Å². The average molecular weight is 259 g/mol. The summed E-state index contributed by atoms with van der Waals surface area (Å²) in [4.78, 5) is 6.58. The number of thiophene rings is 1. The van der Waals surface area contributed by atoms with Crippen LogP contribution in [0.4, 0.5) is 0 Å². The molecule has 0 aliphatic carbocycles. The van der Waals surface area contributed by atoms with E-state index < -0.39 is 0 Å². The molecular formula is C10H11ClN2S2. The molecule has 2 rings (SSSR count). The molecule has 0 radical (unpaired) electrons. The van der Waals surface area contributed by atoms with Gasteiger partial charge in [-0.05, 0) is 19.1 Å². The number of hydrogen-bond acceptors (Lipinski definition) is 4. The summed E-state index contributed by atoms with van der Waals surface area (Å²) in [5.74, 6) is 0. The van der Waals surface area contributed by atoms with Crippen molar-refractivity contribution in [3.63, 3.8) is 0 Å². The Hall–Kier alpha value is -0.420. The third-order valence-corrected chi connectivity index (χ3v) is 4.28. The van der Waals surface area contributed by atoms with E-state index in [1.165, 1.54) is 9.75 Å². The van der Waals surface area contributed by atoms with Gasteiger partial charge < -0.3 is 5.32 Å². The first kappa shape index (κ1) is 11.1. The van der Waals surface area contributed by atoms with Crippen LogP contribution in [-0.2, 0) is 6.54 Å². The molecule has 0 aromatic carbocycles. The van der Waals surface area contributed by atoms with Crippen molar-refractivity contribution >= 4 is 34.3 Å². The Morgan fingerprint density at radius 1 is 1.53 bits per heavy atom. The molecule has 0 spiro atoms. The fourth-order valence-electron chi connectivity index (χ4n) is 1.24. The average Bonchev–Trinajstić information content (AvgIpc) is 2.84. The maximum Gasteiger partial charge on any atom is 0.0931 e. The Balaban J connectivity index is 1.88. The Bertz CT molecular complexity index is 411. The maximum absolute atomic E-state index is 5.86. The SMILES string of the molecule is CC(NCc1ccc(Cl)s1)c1cncs1. The van der Waals surface area contributed by atoms with Crippen LogP contribution in [0.3, 0.4) is 0 Å². The molecule has 2 heterocycles. The summed E-state index contributed by atoms with van der Waals surface area (Å²) >= 11 is 9.15. The van der Waals surface area contributed by atoms with E-state index in [-0.39, 0.29) is 0 Å². The fourth-order valence-corrected chi connectivity index (χ4v) is 2.93. The number of nitrogens with one attached hydrogen (secondary N) is 1. The van der Waals surface area contributed by atoms with Crippen molar-refractivity contribution in [3.05, 3.63) is 37.9 Å². The quantitative estimate of drug-likeness (QED) is 0.904. The van der Waals surface area contributed by atoms with Crippen LogP contribution in [0.25, 0.3) is 0 Å². The maximum atomic E-state index is 5.86. The normalized spacial score (nSPS) is 12.9. The van der Waals surface area contributed by atoms with Gasteiger partial charge in [-0.15, -0.1) is 22.7 Å². The van der Waals surface area contributed by atoms with Crippen LogP contribution in [0, 0.1) is 0 Å². The van der Waals surface area contributed by atoms with Gasteiger partial charge in [0.1, 0.15) is 0 Å². The van der Waals surface area contributed by atoms with Gasteiger partial charge in [0.05, 0.1) is 9.85 Å². The van der Waals surface area contributed by atoms with E-state index in [2.05, 4.69) is 23.3 Å². The minimum atomic E-state index is 0.346. The molecule has 1 atom stereocenters. The lowest BCUT2D eigenvalue weighted by atomic mass is 10.3. The van der Waals surface area contributed by atoms with Gasteiger partial charge in [-0.25, -0.2) is 0 Å². The molecule has 1 unspecified atom stereocenters. The highest BCUT2D eigenvalue weighted by Gasteiger charge is 2.06. The van der Waals surface area contributed by atoms with E-state index in [9.17, 15) is 0 Å². The third kappa shape index (κ3) is 3.01. The molecule has 0 fully saturated rings. The molecule has 0 saturated carbocycles. The number of thiazole rings is 1. The molecule has 80 valence electrons. The van der Waals surface area contributed by atoms with Gasteiger partial charge in [0.15, 0.2) is 0 Å². The van der Waals surface area contributed by atoms with Crippen molar-refractivity contribution in [2.45, 2.75) is 19.5 Å². The van der Waals surface area contributed by atoms with Crippen molar-refractivity contribution in [2.75, 3.05) is 0 Å². The highest BCUT2D eigenvalue weighted by atomic mass is 35.5. The molecule has 1 N–H and O–H groups in total. The molecule has 0 bridgehead atoms. The highest BCUT2D eigenvalue weighted by molar-refractivity contribution is 7.16. The van der Waals surface area contributed by atoms with Crippen LogP contribution in [0.1, 0.15) is 22.7 Å². The smallest absolute Gasteiger partial charge is 0.0931 e. The number of aromatic nitrogens is 1. The van der Waals surface area contributed by atoms with Crippen molar-refractivity contribution in [1.82, 2.24) is 10.3 Å². The van der Waals surface area contributed by atoms with E-state index in [1.54, 1.807) is 22.7 Å². The summed E-state index contributed by atoms with van der Waals surface area (Å²) in [6, 6.07) is 4.33. The summed E-state index contributed by atoms with van der Waals surface area (Å²) in [5, 5.41) is 3.44. The monoisotopic (exact) mass is 258 g/mol.